The normalized spacial score (nSPS) is 11.5. The molecule has 134 valence electrons. The van der Waals surface area contributed by atoms with Gasteiger partial charge in [-0.3, -0.25) is 5.10 Å². The van der Waals surface area contributed by atoms with Gasteiger partial charge in [-0.25, -0.2) is 0 Å². The van der Waals surface area contributed by atoms with Crippen LogP contribution in [0.4, 0.5) is 0 Å². The summed E-state index contributed by atoms with van der Waals surface area (Å²) in [5.74, 6) is 0. The van der Waals surface area contributed by atoms with Gasteiger partial charge in [0.15, 0.2) is 0 Å². The Kier molecular flexibility index (Phi) is 4.68. The van der Waals surface area contributed by atoms with E-state index in [4.69, 9.17) is 5.26 Å². The Hall–Kier alpha value is -2.88. The highest BCUT2D eigenvalue weighted by Crippen LogP contribution is 2.29. The Bertz CT molecular complexity index is 953. The second-order valence-corrected chi connectivity index (χ2v) is 6.90. The lowest BCUT2D eigenvalue weighted by Gasteiger charge is -2.18. The van der Waals surface area contributed by atoms with Crippen molar-refractivity contribution in [3.63, 3.8) is 0 Å². The standard InChI is InChI=1S/C20H22N4O2/c1-13-18(15-6-4-14(9-21)5-7-15)8-17(12-25)24(13)11-16-10-22-23-19(16)20(2,3)26/h4-8,10,25-26H,11-12H2,1-3H3,(H,22,23). The van der Waals surface area contributed by atoms with Crippen LogP contribution in [0.5, 0.6) is 0 Å². The molecule has 0 aliphatic heterocycles. The molecule has 26 heavy (non-hydrogen) atoms. The number of aromatic nitrogens is 3. The zero-order valence-corrected chi connectivity index (χ0v) is 15.1. The van der Waals surface area contributed by atoms with Crippen molar-refractivity contribution >= 4 is 0 Å². The maximum Gasteiger partial charge on any atom is 0.101 e. The van der Waals surface area contributed by atoms with Crippen molar-refractivity contribution in [2.75, 3.05) is 0 Å². The Labute approximate surface area is 152 Å². The highest BCUT2D eigenvalue weighted by atomic mass is 16.3. The number of nitrogens with zero attached hydrogens (tertiary/aromatic N) is 3. The molecule has 0 radical (unpaired) electrons. The van der Waals surface area contributed by atoms with Crippen molar-refractivity contribution in [2.45, 2.75) is 39.5 Å². The molecule has 0 amide bonds. The van der Waals surface area contributed by atoms with E-state index in [0.717, 1.165) is 28.1 Å². The molecule has 1 aromatic carbocycles. The summed E-state index contributed by atoms with van der Waals surface area (Å²) < 4.78 is 2.02. The number of aliphatic hydroxyl groups is 2. The molecule has 6 heteroatoms. The van der Waals surface area contributed by atoms with Crippen LogP contribution in [0.3, 0.4) is 0 Å². The first-order valence-corrected chi connectivity index (χ1v) is 8.40. The molecular weight excluding hydrogens is 328 g/mol. The summed E-state index contributed by atoms with van der Waals surface area (Å²) in [4.78, 5) is 0. The second kappa shape index (κ2) is 6.79. The predicted molar refractivity (Wildman–Crippen MR) is 98.2 cm³/mol. The number of H-pyrrole nitrogens is 1. The summed E-state index contributed by atoms with van der Waals surface area (Å²) in [6.07, 6.45) is 1.70. The van der Waals surface area contributed by atoms with Crippen LogP contribution in [0.25, 0.3) is 11.1 Å². The third-order valence-corrected chi connectivity index (χ3v) is 4.60. The van der Waals surface area contributed by atoms with Gasteiger partial charge in [0, 0.05) is 22.5 Å². The summed E-state index contributed by atoms with van der Waals surface area (Å²) in [6.45, 7) is 5.82. The predicted octanol–water partition coefficient (Wildman–Crippen LogP) is 2.83. The zero-order valence-electron chi connectivity index (χ0n) is 15.1. The fourth-order valence-electron chi connectivity index (χ4n) is 3.21. The lowest BCUT2D eigenvalue weighted by Crippen LogP contribution is -2.19. The number of hydrogen-bond donors (Lipinski definition) is 3. The van der Waals surface area contributed by atoms with E-state index in [1.165, 1.54) is 0 Å². The van der Waals surface area contributed by atoms with E-state index < -0.39 is 5.60 Å². The summed E-state index contributed by atoms with van der Waals surface area (Å²) in [5, 5.41) is 36.0. The van der Waals surface area contributed by atoms with Crippen LogP contribution < -0.4 is 0 Å². The minimum Gasteiger partial charge on any atom is -0.390 e. The molecule has 0 aliphatic carbocycles. The van der Waals surface area contributed by atoms with E-state index in [9.17, 15) is 10.2 Å². The molecule has 0 spiro atoms. The van der Waals surface area contributed by atoms with Gasteiger partial charge in [0.25, 0.3) is 0 Å². The quantitative estimate of drug-likeness (QED) is 0.659. The minimum absolute atomic E-state index is 0.0905. The monoisotopic (exact) mass is 350 g/mol. The van der Waals surface area contributed by atoms with E-state index in [1.54, 1.807) is 32.2 Å². The fraction of sp³-hybridized carbons (Fsp3) is 0.300. The molecule has 0 unspecified atom stereocenters. The van der Waals surface area contributed by atoms with Crippen LogP contribution in [0.2, 0.25) is 0 Å². The van der Waals surface area contributed by atoms with E-state index in [1.807, 2.05) is 29.7 Å². The van der Waals surface area contributed by atoms with Gasteiger partial charge >= 0.3 is 0 Å². The third-order valence-electron chi connectivity index (χ3n) is 4.60. The first-order valence-electron chi connectivity index (χ1n) is 8.40. The molecule has 2 aromatic heterocycles. The number of nitrogens with one attached hydrogen (secondary N) is 1. The number of benzene rings is 1. The average Bonchev–Trinajstić information content (AvgIpc) is 3.21. The molecule has 0 bridgehead atoms. The van der Waals surface area contributed by atoms with E-state index in [-0.39, 0.29) is 6.61 Å². The van der Waals surface area contributed by atoms with Crippen molar-refractivity contribution in [2.24, 2.45) is 0 Å². The molecule has 3 rings (SSSR count). The Morgan fingerprint density at radius 1 is 1.27 bits per heavy atom. The number of rotatable bonds is 5. The first-order chi connectivity index (χ1) is 12.3. The van der Waals surface area contributed by atoms with Crippen molar-refractivity contribution in [1.82, 2.24) is 14.8 Å². The SMILES string of the molecule is Cc1c(-c2ccc(C#N)cc2)cc(CO)n1Cc1cn[nH]c1C(C)(C)O. The topological polar surface area (TPSA) is 97.9 Å². The molecule has 0 fully saturated rings. The van der Waals surface area contributed by atoms with Crippen LogP contribution in [0.15, 0.2) is 36.5 Å². The van der Waals surface area contributed by atoms with Crippen molar-refractivity contribution < 1.29 is 10.2 Å². The van der Waals surface area contributed by atoms with Gasteiger partial charge in [-0.15, -0.1) is 0 Å². The molecule has 0 saturated carbocycles. The second-order valence-electron chi connectivity index (χ2n) is 6.90. The van der Waals surface area contributed by atoms with Crippen LogP contribution in [-0.4, -0.2) is 25.0 Å². The first kappa shape index (κ1) is 17.9. The van der Waals surface area contributed by atoms with E-state index in [2.05, 4.69) is 16.3 Å². The van der Waals surface area contributed by atoms with E-state index >= 15 is 0 Å². The zero-order chi connectivity index (χ0) is 18.9. The summed E-state index contributed by atoms with van der Waals surface area (Å²) in [5.41, 5.74) is 4.90. The lowest BCUT2D eigenvalue weighted by molar-refractivity contribution is 0.0727. The number of nitriles is 1. The molecule has 0 atom stereocenters. The molecule has 6 nitrogen and oxygen atoms in total. The van der Waals surface area contributed by atoms with E-state index in [0.29, 0.717) is 17.8 Å². The minimum atomic E-state index is -1.03. The number of aliphatic hydroxyl groups excluding tert-OH is 1. The molecule has 2 heterocycles. The molecule has 3 N–H and O–H groups in total. The molecule has 0 aliphatic rings. The number of hydrogen-bond acceptors (Lipinski definition) is 4. The van der Waals surface area contributed by atoms with Gasteiger partial charge in [0.05, 0.1) is 36.7 Å². The van der Waals surface area contributed by atoms with Crippen LogP contribution in [0.1, 0.15) is 42.1 Å². The van der Waals surface area contributed by atoms with Crippen LogP contribution >= 0.6 is 0 Å². The lowest BCUT2D eigenvalue weighted by atomic mass is 10.0. The average molecular weight is 350 g/mol. The number of aromatic amines is 1. The smallest absolute Gasteiger partial charge is 0.101 e. The van der Waals surface area contributed by atoms with Gasteiger partial charge < -0.3 is 14.8 Å². The van der Waals surface area contributed by atoms with Gasteiger partial charge in [0.2, 0.25) is 0 Å². The van der Waals surface area contributed by atoms with Gasteiger partial charge in [-0.05, 0) is 44.5 Å². The van der Waals surface area contributed by atoms with Crippen molar-refractivity contribution in [3.05, 3.63) is 64.7 Å². The van der Waals surface area contributed by atoms with Gasteiger partial charge in [0.1, 0.15) is 5.60 Å². The highest BCUT2D eigenvalue weighted by Gasteiger charge is 2.23. The largest absolute Gasteiger partial charge is 0.390 e. The maximum absolute atomic E-state index is 10.3. The summed E-state index contributed by atoms with van der Waals surface area (Å²) in [7, 11) is 0. The maximum atomic E-state index is 10.3. The molecule has 0 saturated heterocycles. The van der Waals surface area contributed by atoms with Crippen LogP contribution in [-0.2, 0) is 18.8 Å². The molecular formula is C20H22N4O2. The fourth-order valence-corrected chi connectivity index (χ4v) is 3.21. The van der Waals surface area contributed by atoms with Crippen molar-refractivity contribution in [1.29, 1.82) is 5.26 Å². The van der Waals surface area contributed by atoms with Crippen LogP contribution in [0, 0.1) is 18.3 Å². The summed E-state index contributed by atoms with van der Waals surface area (Å²) >= 11 is 0. The van der Waals surface area contributed by atoms with Gasteiger partial charge in [-0.2, -0.15) is 10.4 Å². The Morgan fingerprint density at radius 3 is 2.54 bits per heavy atom. The van der Waals surface area contributed by atoms with Crippen molar-refractivity contribution in [3.8, 4) is 17.2 Å². The molecule has 3 aromatic rings. The Morgan fingerprint density at radius 2 is 1.96 bits per heavy atom. The Balaban J connectivity index is 2.02. The third kappa shape index (κ3) is 3.27. The summed E-state index contributed by atoms with van der Waals surface area (Å²) in [6, 6.07) is 11.5. The highest BCUT2D eigenvalue weighted by molar-refractivity contribution is 5.68. The van der Waals surface area contributed by atoms with Gasteiger partial charge in [-0.1, -0.05) is 12.1 Å².